The summed E-state index contributed by atoms with van der Waals surface area (Å²) in [6.07, 6.45) is -0.585. The summed E-state index contributed by atoms with van der Waals surface area (Å²) < 4.78 is 5.77. The highest BCUT2D eigenvalue weighted by atomic mass is 35.5. The van der Waals surface area contributed by atoms with Gasteiger partial charge in [0.1, 0.15) is 5.75 Å². The van der Waals surface area contributed by atoms with Crippen molar-refractivity contribution in [3.8, 4) is 5.75 Å². The van der Waals surface area contributed by atoms with Gasteiger partial charge < -0.3 is 15.4 Å². The van der Waals surface area contributed by atoms with Crippen molar-refractivity contribution < 1.29 is 9.53 Å². The van der Waals surface area contributed by atoms with Crippen molar-refractivity contribution in [2.24, 2.45) is 0 Å². The maximum Gasteiger partial charge on any atom is 0.260 e. The number of amides is 1. The van der Waals surface area contributed by atoms with Crippen LogP contribution in [-0.4, -0.2) is 24.1 Å². The maximum atomic E-state index is 11.8. The monoisotopic (exact) mass is 312 g/mol. The predicted molar refractivity (Wildman–Crippen MR) is 86.8 cm³/mol. The van der Waals surface area contributed by atoms with E-state index in [2.05, 4.69) is 31.4 Å². The highest BCUT2D eigenvalue weighted by Gasteiger charge is 2.18. The van der Waals surface area contributed by atoms with Crippen LogP contribution in [0.3, 0.4) is 0 Å². The average molecular weight is 313 g/mol. The standard InChI is InChI=1S/C16H25ClN2O2/c1-6-18-15(20)11(2)21-14-12(8-7-9-13(14)17)10-19-16(3,4)5/h7-9,11,19H,6,10H2,1-5H3,(H,18,20). The Kier molecular flexibility index (Phi) is 6.49. The highest BCUT2D eigenvalue weighted by Crippen LogP contribution is 2.30. The topological polar surface area (TPSA) is 50.4 Å². The lowest BCUT2D eigenvalue weighted by Gasteiger charge is -2.23. The first kappa shape index (κ1) is 17.8. The van der Waals surface area contributed by atoms with E-state index in [4.69, 9.17) is 16.3 Å². The number of ether oxygens (including phenoxy) is 1. The molecule has 1 atom stereocenters. The number of halogens is 1. The van der Waals surface area contributed by atoms with Gasteiger partial charge in [0, 0.05) is 24.2 Å². The number of hydrogen-bond donors (Lipinski definition) is 2. The minimum absolute atomic E-state index is 0.00914. The molecular formula is C16H25ClN2O2. The lowest BCUT2D eigenvalue weighted by molar-refractivity contribution is -0.127. The number of carbonyl (C=O) groups is 1. The number of para-hydroxylation sites is 1. The van der Waals surface area contributed by atoms with Crippen LogP contribution in [0.25, 0.3) is 0 Å². The van der Waals surface area contributed by atoms with Crippen LogP contribution in [0, 0.1) is 0 Å². The van der Waals surface area contributed by atoms with Crippen LogP contribution in [-0.2, 0) is 11.3 Å². The largest absolute Gasteiger partial charge is 0.479 e. The molecule has 118 valence electrons. The number of carbonyl (C=O) groups excluding carboxylic acids is 1. The first-order valence-electron chi connectivity index (χ1n) is 7.21. The zero-order valence-electron chi connectivity index (χ0n) is 13.4. The number of rotatable bonds is 6. The van der Waals surface area contributed by atoms with Gasteiger partial charge >= 0.3 is 0 Å². The van der Waals surface area contributed by atoms with E-state index in [1.807, 2.05) is 19.1 Å². The average Bonchev–Trinajstić information content (AvgIpc) is 2.38. The molecule has 21 heavy (non-hydrogen) atoms. The maximum absolute atomic E-state index is 11.8. The smallest absolute Gasteiger partial charge is 0.260 e. The van der Waals surface area contributed by atoms with E-state index in [0.717, 1.165) is 5.56 Å². The van der Waals surface area contributed by atoms with Gasteiger partial charge in [0.15, 0.2) is 6.10 Å². The molecule has 1 rings (SSSR count). The summed E-state index contributed by atoms with van der Waals surface area (Å²) >= 11 is 6.22. The molecule has 0 fully saturated rings. The first-order chi connectivity index (χ1) is 9.74. The van der Waals surface area contributed by atoms with Crippen LogP contribution in [0.5, 0.6) is 5.75 Å². The van der Waals surface area contributed by atoms with Crippen molar-refractivity contribution in [3.63, 3.8) is 0 Å². The van der Waals surface area contributed by atoms with E-state index in [9.17, 15) is 4.79 Å². The predicted octanol–water partition coefficient (Wildman–Crippen LogP) is 3.13. The molecule has 1 aromatic rings. The molecule has 1 amide bonds. The van der Waals surface area contributed by atoms with Crippen LogP contribution in [0.4, 0.5) is 0 Å². The molecule has 2 N–H and O–H groups in total. The SMILES string of the molecule is CCNC(=O)C(C)Oc1c(Cl)cccc1CNC(C)(C)C. The zero-order chi connectivity index (χ0) is 16.0. The Morgan fingerprint density at radius 3 is 2.62 bits per heavy atom. The summed E-state index contributed by atoms with van der Waals surface area (Å²) in [7, 11) is 0. The summed E-state index contributed by atoms with van der Waals surface area (Å²) in [6.45, 7) is 11.1. The molecule has 0 spiro atoms. The summed E-state index contributed by atoms with van der Waals surface area (Å²) in [4.78, 5) is 11.8. The third kappa shape index (κ3) is 5.94. The zero-order valence-corrected chi connectivity index (χ0v) is 14.2. The Balaban J connectivity index is 2.87. The van der Waals surface area contributed by atoms with Gasteiger partial charge in [-0.15, -0.1) is 0 Å². The van der Waals surface area contributed by atoms with E-state index in [0.29, 0.717) is 23.9 Å². The molecule has 0 aliphatic carbocycles. The van der Waals surface area contributed by atoms with E-state index < -0.39 is 6.10 Å². The number of nitrogens with one attached hydrogen (secondary N) is 2. The molecule has 1 aromatic carbocycles. The third-order valence-electron chi connectivity index (χ3n) is 2.87. The van der Waals surface area contributed by atoms with Gasteiger partial charge in [-0.05, 0) is 40.7 Å². The van der Waals surface area contributed by atoms with Gasteiger partial charge in [-0.2, -0.15) is 0 Å². The van der Waals surface area contributed by atoms with Crippen molar-refractivity contribution in [1.29, 1.82) is 0 Å². The van der Waals surface area contributed by atoms with Gasteiger partial charge in [-0.25, -0.2) is 0 Å². The lowest BCUT2D eigenvalue weighted by atomic mass is 10.1. The number of hydrogen-bond acceptors (Lipinski definition) is 3. The second-order valence-electron chi connectivity index (χ2n) is 5.99. The van der Waals surface area contributed by atoms with Gasteiger partial charge in [0.2, 0.25) is 0 Å². The number of likely N-dealkylation sites (N-methyl/N-ethyl adjacent to an activating group) is 1. The summed E-state index contributed by atoms with van der Waals surface area (Å²) in [5, 5.41) is 6.65. The van der Waals surface area contributed by atoms with Crippen LogP contribution in [0.1, 0.15) is 40.2 Å². The second-order valence-corrected chi connectivity index (χ2v) is 6.39. The molecule has 0 bridgehead atoms. The Morgan fingerprint density at radius 1 is 1.38 bits per heavy atom. The Hall–Kier alpha value is -1.26. The molecule has 5 heteroatoms. The summed E-state index contributed by atoms with van der Waals surface area (Å²) in [5.74, 6) is 0.418. The molecule has 0 saturated carbocycles. The normalized spacial score (nSPS) is 12.9. The van der Waals surface area contributed by atoms with Crippen molar-refractivity contribution in [1.82, 2.24) is 10.6 Å². The van der Waals surface area contributed by atoms with Gasteiger partial charge in [-0.3, -0.25) is 4.79 Å². The van der Waals surface area contributed by atoms with E-state index >= 15 is 0 Å². The molecule has 0 heterocycles. The quantitative estimate of drug-likeness (QED) is 0.848. The fraction of sp³-hybridized carbons (Fsp3) is 0.562. The Morgan fingerprint density at radius 2 is 2.05 bits per heavy atom. The fourth-order valence-electron chi connectivity index (χ4n) is 1.73. The minimum Gasteiger partial charge on any atom is -0.479 e. The molecule has 0 aliphatic rings. The fourth-order valence-corrected chi connectivity index (χ4v) is 1.97. The summed E-state index contributed by atoms with van der Waals surface area (Å²) in [5.41, 5.74) is 0.929. The van der Waals surface area contributed by atoms with Crippen LogP contribution >= 0.6 is 11.6 Å². The molecule has 1 unspecified atom stereocenters. The Bertz CT molecular complexity index is 484. The Labute approximate surface area is 132 Å². The molecular weight excluding hydrogens is 288 g/mol. The molecule has 0 aliphatic heterocycles. The third-order valence-corrected chi connectivity index (χ3v) is 3.17. The molecule has 0 saturated heterocycles. The van der Waals surface area contributed by atoms with E-state index in [1.165, 1.54) is 0 Å². The first-order valence-corrected chi connectivity index (χ1v) is 7.59. The molecule has 0 aromatic heterocycles. The van der Waals surface area contributed by atoms with Crippen molar-refractivity contribution in [2.75, 3.05) is 6.54 Å². The second kappa shape index (κ2) is 7.66. The van der Waals surface area contributed by atoms with Crippen LogP contribution in [0.15, 0.2) is 18.2 Å². The van der Waals surface area contributed by atoms with Gasteiger partial charge in [0.25, 0.3) is 5.91 Å². The van der Waals surface area contributed by atoms with Crippen molar-refractivity contribution in [2.45, 2.75) is 52.8 Å². The van der Waals surface area contributed by atoms with Crippen molar-refractivity contribution >= 4 is 17.5 Å². The van der Waals surface area contributed by atoms with Crippen LogP contribution < -0.4 is 15.4 Å². The minimum atomic E-state index is -0.585. The van der Waals surface area contributed by atoms with Crippen molar-refractivity contribution in [3.05, 3.63) is 28.8 Å². The molecule has 4 nitrogen and oxygen atoms in total. The van der Waals surface area contributed by atoms with Gasteiger partial charge in [-0.1, -0.05) is 23.7 Å². The van der Waals surface area contributed by atoms with Crippen LogP contribution in [0.2, 0.25) is 5.02 Å². The molecule has 0 radical (unpaired) electrons. The highest BCUT2D eigenvalue weighted by molar-refractivity contribution is 6.32. The van der Waals surface area contributed by atoms with Gasteiger partial charge in [0.05, 0.1) is 5.02 Å². The van der Waals surface area contributed by atoms with E-state index in [-0.39, 0.29) is 11.4 Å². The lowest BCUT2D eigenvalue weighted by Crippen LogP contribution is -2.37. The number of benzene rings is 1. The summed E-state index contributed by atoms with van der Waals surface area (Å²) in [6, 6.07) is 5.60. The van der Waals surface area contributed by atoms with E-state index in [1.54, 1.807) is 13.0 Å².